The Bertz CT molecular complexity index is 639. The molecular formula is C22H35N3O3. The summed E-state index contributed by atoms with van der Waals surface area (Å²) in [5.41, 5.74) is 0.203. The minimum atomic E-state index is -0.173. The molecule has 1 saturated heterocycles. The van der Waals surface area contributed by atoms with Crippen LogP contribution in [0.1, 0.15) is 58.8 Å². The van der Waals surface area contributed by atoms with Gasteiger partial charge in [0.05, 0.1) is 12.1 Å². The molecule has 0 atom stereocenters. The lowest BCUT2D eigenvalue weighted by molar-refractivity contribution is -0.133. The summed E-state index contributed by atoms with van der Waals surface area (Å²) >= 11 is 0. The molecule has 1 N–H and O–H groups in total. The summed E-state index contributed by atoms with van der Waals surface area (Å²) in [5.74, 6) is 1.08. The van der Waals surface area contributed by atoms with Crippen LogP contribution in [0.25, 0.3) is 0 Å². The number of hydrogen-bond acceptors (Lipinski definition) is 5. The predicted octanol–water partition coefficient (Wildman–Crippen LogP) is 2.98. The van der Waals surface area contributed by atoms with Crippen LogP contribution in [-0.2, 0) is 9.59 Å². The van der Waals surface area contributed by atoms with E-state index in [9.17, 15) is 14.7 Å². The number of aliphatic hydroxyl groups excluding tert-OH is 1. The summed E-state index contributed by atoms with van der Waals surface area (Å²) in [5, 5.41) is 10.1. The van der Waals surface area contributed by atoms with Crippen molar-refractivity contribution in [3.8, 4) is 0 Å². The average molecular weight is 390 g/mol. The second-order valence-corrected chi connectivity index (χ2v) is 9.41. The first-order valence-corrected chi connectivity index (χ1v) is 10.8. The summed E-state index contributed by atoms with van der Waals surface area (Å²) in [6.45, 7) is 8.77. The fraction of sp³-hybridized carbons (Fsp3) is 0.773. The first kappa shape index (κ1) is 21.0. The molecule has 1 amide bonds. The van der Waals surface area contributed by atoms with E-state index in [4.69, 9.17) is 0 Å². The molecule has 1 saturated carbocycles. The van der Waals surface area contributed by atoms with Gasteiger partial charge in [-0.15, -0.1) is 0 Å². The second-order valence-electron chi connectivity index (χ2n) is 9.41. The third kappa shape index (κ3) is 5.66. The zero-order chi connectivity index (χ0) is 20.1. The SMILES string of the molecule is CC1(C)CC(=O)C(C=NCCN2CCN(C(=O)CC3CCCC3)CC2)=C(O)C1. The van der Waals surface area contributed by atoms with E-state index in [2.05, 4.69) is 9.89 Å². The van der Waals surface area contributed by atoms with E-state index in [0.29, 0.717) is 36.8 Å². The maximum atomic E-state index is 12.4. The molecule has 6 heteroatoms. The Hall–Kier alpha value is -1.69. The number of aliphatic imine (C=N–C) groups is 1. The molecule has 0 aromatic heterocycles. The third-order valence-corrected chi connectivity index (χ3v) is 6.33. The van der Waals surface area contributed by atoms with Crippen LogP contribution >= 0.6 is 0 Å². The van der Waals surface area contributed by atoms with Crippen molar-refractivity contribution in [1.82, 2.24) is 9.80 Å². The van der Waals surface area contributed by atoms with Crippen LogP contribution in [0.2, 0.25) is 0 Å². The molecule has 0 spiro atoms. The van der Waals surface area contributed by atoms with Gasteiger partial charge in [-0.2, -0.15) is 0 Å². The molecule has 28 heavy (non-hydrogen) atoms. The normalized spacial score (nSPS) is 24.5. The number of hydrogen-bond donors (Lipinski definition) is 1. The van der Waals surface area contributed by atoms with Gasteiger partial charge in [0.25, 0.3) is 0 Å². The van der Waals surface area contributed by atoms with Crippen LogP contribution in [0.5, 0.6) is 0 Å². The topological polar surface area (TPSA) is 73.2 Å². The van der Waals surface area contributed by atoms with Crippen LogP contribution in [-0.4, -0.2) is 72.1 Å². The summed E-state index contributed by atoms with van der Waals surface area (Å²) in [7, 11) is 0. The number of aliphatic hydroxyl groups is 1. The molecule has 0 aromatic carbocycles. The van der Waals surface area contributed by atoms with Gasteiger partial charge in [0.1, 0.15) is 5.76 Å². The zero-order valence-corrected chi connectivity index (χ0v) is 17.5. The van der Waals surface area contributed by atoms with Crippen LogP contribution in [0.4, 0.5) is 0 Å². The smallest absolute Gasteiger partial charge is 0.222 e. The number of Topliss-reactive ketones (excluding diaryl/α,β-unsaturated/α-hetero) is 1. The maximum absolute atomic E-state index is 12.4. The fourth-order valence-corrected chi connectivity index (χ4v) is 4.61. The highest BCUT2D eigenvalue weighted by molar-refractivity contribution is 6.14. The summed E-state index contributed by atoms with van der Waals surface area (Å²) in [4.78, 5) is 33.3. The van der Waals surface area contributed by atoms with E-state index >= 15 is 0 Å². The van der Waals surface area contributed by atoms with E-state index in [1.165, 1.54) is 25.7 Å². The Morgan fingerprint density at radius 2 is 1.86 bits per heavy atom. The maximum Gasteiger partial charge on any atom is 0.222 e. The molecule has 0 aromatic rings. The highest BCUT2D eigenvalue weighted by atomic mass is 16.3. The van der Waals surface area contributed by atoms with Crippen LogP contribution in [0, 0.1) is 11.3 Å². The molecule has 2 fully saturated rings. The zero-order valence-electron chi connectivity index (χ0n) is 17.5. The Morgan fingerprint density at radius 1 is 1.18 bits per heavy atom. The van der Waals surface area contributed by atoms with Gasteiger partial charge in [0.15, 0.2) is 5.78 Å². The molecule has 0 radical (unpaired) electrons. The molecule has 0 bridgehead atoms. The number of amides is 1. The molecule has 2 aliphatic carbocycles. The molecule has 1 heterocycles. The van der Waals surface area contributed by atoms with Crippen molar-refractivity contribution < 1.29 is 14.7 Å². The van der Waals surface area contributed by atoms with Crippen molar-refractivity contribution in [3.63, 3.8) is 0 Å². The summed E-state index contributed by atoms with van der Waals surface area (Å²) < 4.78 is 0. The van der Waals surface area contributed by atoms with Gasteiger partial charge in [0.2, 0.25) is 5.91 Å². The number of allylic oxidation sites excluding steroid dienone is 2. The van der Waals surface area contributed by atoms with E-state index in [-0.39, 0.29) is 17.0 Å². The van der Waals surface area contributed by atoms with E-state index in [1.54, 1.807) is 6.21 Å². The van der Waals surface area contributed by atoms with E-state index in [1.807, 2.05) is 18.7 Å². The van der Waals surface area contributed by atoms with Gasteiger partial charge < -0.3 is 10.0 Å². The third-order valence-electron chi connectivity index (χ3n) is 6.33. The largest absolute Gasteiger partial charge is 0.511 e. The standard InChI is InChI=1S/C22H35N3O3/c1-22(2)14-19(26)18(20(27)15-22)16-23-7-8-24-9-11-25(12-10-24)21(28)13-17-5-3-4-6-17/h16-17,26H,3-15H2,1-2H3. The molecule has 6 nitrogen and oxygen atoms in total. The van der Waals surface area contributed by atoms with Crippen molar-refractivity contribution in [2.45, 2.75) is 58.8 Å². The van der Waals surface area contributed by atoms with Crippen molar-refractivity contribution in [2.75, 3.05) is 39.3 Å². The highest BCUT2D eigenvalue weighted by Crippen LogP contribution is 2.35. The number of carbonyl (C=O) groups is 2. The fourth-order valence-electron chi connectivity index (χ4n) is 4.61. The van der Waals surface area contributed by atoms with Gasteiger partial charge in [-0.3, -0.25) is 19.5 Å². The van der Waals surface area contributed by atoms with Crippen LogP contribution in [0.3, 0.4) is 0 Å². The number of ketones is 1. The minimum absolute atomic E-state index is 0.0214. The Balaban J connectivity index is 1.38. The number of rotatable bonds is 6. The lowest BCUT2D eigenvalue weighted by Crippen LogP contribution is -2.49. The lowest BCUT2D eigenvalue weighted by Gasteiger charge is -2.35. The first-order valence-electron chi connectivity index (χ1n) is 10.8. The Kier molecular flexibility index (Phi) is 6.91. The minimum Gasteiger partial charge on any atom is -0.511 e. The quantitative estimate of drug-likeness (QED) is 0.709. The Labute approximate surface area is 168 Å². The lowest BCUT2D eigenvalue weighted by atomic mass is 9.77. The van der Waals surface area contributed by atoms with Gasteiger partial charge in [0, 0.05) is 58.2 Å². The van der Waals surface area contributed by atoms with Crippen molar-refractivity contribution in [2.24, 2.45) is 16.3 Å². The highest BCUT2D eigenvalue weighted by Gasteiger charge is 2.32. The molecule has 3 aliphatic rings. The molecular weight excluding hydrogens is 354 g/mol. The van der Waals surface area contributed by atoms with Gasteiger partial charge in [-0.05, 0) is 24.2 Å². The molecule has 3 rings (SSSR count). The summed E-state index contributed by atoms with van der Waals surface area (Å²) in [6.07, 6.45) is 8.26. The molecule has 156 valence electrons. The van der Waals surface area contributed by atoms with Crippen LogP contribution < -0.4 is 0 Å². The Morgan fingerprint density at radius 3 is 2.50 bits per heavy atom. The molecule has 1 aliphatic heterocycles. The first-order chi connectivity index (χ1) is 13.3. The summed E-state index contributed by atoms with van der Waals surface area (Å²) in [6, 6.07) is 0. The van der Waals surface area contributed by atoms with Gasteiger partial charge >= 0.3 is 0 Å². The number of carbonyl (C=O) groups excluding carboxylic acids is 2. The monoisotopic (exact) mass is 389 g/mol. The van der Waals surface area contributed by atoms with E-state index in [0.717, 1.165) is 39.1 Å². The number of nitrogens with zero attached hydrogens (tertiary/aromatic N) is 3. The second kappa shape index (κ2) is 9.21. The van der Waals surface area contributed by atoms with Gasteiger partial charge in [-0.25, -0.2) is 0 Å². The van der Waals surface area contributed by atoms with Crippen molar-refractivity contribution in [3.05, 3.63) is 11.3 Å². The van der Waals surface area contributed by atoms with Gasteiger partial charge in [-0.1, -0.05) is 26.7 Å². The number of piperazine rings is 1. The van der Waals surface area contributed by atoms with Crippen LogP contribution in [0.15, 0.2) is 16.3 Å². The van der Waals surface area contributed by atoms with Crippen molar-refractivity contribution >= 4 is 17.9 Å². The average Bonchev–Trinajstić information content (AvgIpc) is 3.13. The predicted molar refractivity (Wildman–Crippen MR) is 111 cm³/mol. The molecule has 0 unspecified atom stereocenters. The van der Waals surface area contributed by atoms with Crippen molar-refractivity contribution in [1.29, 1.82) is 0 Å². The van der Waals surface area contributed by atoms with E-state index < -0.39 is 0 Å².